The van der Waals surface area contributed by atoms with Crippen LogP contribution in [0.5, 0.6) is 0 Å². The third kappa shape index (κ3) is 4.87. The summed E-state index contributed by atoms with van der Waals surface area (Å²) >= 11 is 1.26. The fraction of sp³-hybridized carbons (Fsp3) is 0.588. The molecule has 7 nitrogen and oxygen atoms in total. The van der Waals surface area contributed by atoms with Crippen molar-refractivity contribution in [1.29, 1.82) is 0 Å². The molecular formula is C17H24N2O5S. The molecule has 0 aliphatic heterocycles. The van der Waals surface area contributed by atoms with Crippen LogP contribution in [-0.2, 0) is 20.8 Å². The molecule has 0 aliphatic rings. The number of rotatable bonds is 10. The predicted molar refractivity (Wildman–Crippen MR) is 96.1 cm³/mol. The number of nitrogens with zero attached hydrogens (tertiary/aromatic N) is 2. The van der Waals surface area contributed by atoms with Crippen molar-refractivity contribution < 1.29 is 19.0 Å². The van der Waals surface area contributed by atoms with Crippen LogP contribution in [0.2, 0.25) is 0 Å². The number of carbonyl (C=O) groups is 1. The molecule has 0 unspecified atom stereocenters. The minimum Gasteiger partial charge on any atom is -0.462 e. The van der Waals surface area contributed by atoms with Gasteiger partial charge in [-0.1, -0.05) is 13.3 Å². The summed E-state index contributed by atoms with van der Waals surface area (Å²) in [4.78, 5) is 29.8. The predicted octanol–water partition coefficient (Wildman–Crippen LogP) is 2.81. The molecular weight excluding hydrogens is 344 g/mol. The zero-order chi connectivity index (χ0) is 18.2. The van der Waals surface area contributed by atoms with Crippen molar-refractivity contribution in [3.63, 3.8) is 0 Å². The van der Waals surface area contributed by atoms with Crippen LogP contribution < -0.4 is 5.56 Å². The molecule has 0 aromatic carbocycles. The molecule has 0 amide bonds. The molecule has 0 radical (unpaired) electrons. The lowest BCUT2D eigenvalue weighted by Gasteiger charge is -2.17. The maximum atomic E-state index is 12.8. The van der Waals surface area contributed by atoms with Crippen molar-refractivity contribution in [2.75, 3.05) is 19.8 Å². The molecule has 0 spiro atoms. The van der Waals surface area contributed by atoms with Crippen molar-refractivity contribution in [2.45, 2.75) is 46.4 Å². The van der Waals surface area contributed by atoms with Crippen molar-refractivity contribution in [3.8, 4) is 0 Å². The normalized spacial score (nSPS) is 11.4. The highest BCUT2D eigenvalue weighted by molar-refractivity contribution is 7.17. The number of aromatic nitrogens is 2. The van der Waals surface area contributed by atoms with E-state index in [2.05, 4.69) is 4.98 Å². The van der Waals surface area contributed by atoms with Crippen LogP contribution >= 0.6 is 11.3 Å². The summed E-state index contributed by atoms with van der Waals surface area (Å²) in [6.45, 7) is 7.25. The first-order valence-electron chi connectivity index (χ1n) is 8.49. The summed E-state index contributed by atoms with van der Waals surface area (Å²) in [6, 6.07) is 0. The van der Waals surface area contributed by atoms with Crippen molar-refractivity contribution in [3.05, 3.63) is 27.6 Å². The van der Waals surface area contributed by atoms with E-state index in [0.717, 1.165) is 12.8 Å². The fourth-order valence-corrected chi connectivity index (χ4v) is 3.19. The summed E-state index contributed by atoms with van der Waals surface area (Å²) in [6.07, 6.45) is 2.65. The highest BCUT2D eigenvalue weighted by Gasteiger charge is 2.20. The minimum absolute atomic E-state index is 0.212. The van der Waals surface area contributed by atoms with Gasteiger partial charge in [0.25, 0.3) is 5.56 Å². The molecule has 2 heterocycles. The Morgan fingerprint density at radius 1 is 1.28 bits per heavy atom. The van der Waals surface area contributed by atoms with E-state index in [1.807, 2.05) is 20.8 Å². The van der Waals surface area contributed by atoms with Crippen LogP contribution in [0.15, 0.2) is 16.5 Å². The highest BCUT2D eigenvalue weighted by atomic mass is 32.1. The molecule has 0 fully saturated rings. The molecule has 2 aromatic rings. The van der Waals surface area contributed by atoms with E-state index < -0.39 is 12.3 Å². The average Bonchev–Trinajstić information content (AvgIpc) is 3.03. The van der Waals surface area contributed by atoms with E-state index >= 15 is 0 Å². The Balaban J connectivity index is 2.29. The second kappa shape index (κ2) is 9.65. The number of carbonyl (C=O) groups excluding carboxylic acids is 1. The molecule has 2 rings (SSSR count). The number of esters is 1. The second-order valence-electron chi connectivity index (χ2n) is 5.36. The summed E-state index contributed by atoms with van der Waals surface area (Å²) in [5.74, 6) is -0.484. The maximum Gasteiger partial charge on any atom is 0.339 e. The van der Waals surface area contributed by atoms with E-state index in [4.69, 9.17) is 14.2 Å². The van der Waals surface area contributed by atoms with Gasteiger partial charge in [-0.3, -0.25) is 9.36 Å². The molecule has 0 saturated heterocycles. The number of hydrogen-bond donors (Lipinski definition) is 0. The van der Waals surface area contributed by atoms with Crippen molar-refractivity contribution in [1.82, 2.24) is 9.55 Å². The third-order valence-corrected chi connectivity index (χ3v) is 4.45. The van der Waals surface area contributed by atoms with Crippen LogP contribution in [-0.4, -0.2) is 41.6 Å². The van der Waals surface area contributed by atoms with E-state index in [0.29, 0.717) is 30.0 Å². The Morgan fingerprint density at radius 3 is 2.64 bits per heavy atom. The van der Waals surface area contributed by atoms with Gasteiger partial charge in [-0.05, 0) is 20.3 Å². The van der Waals surface area contributed by atoms with Gasteiger partial charge in [0.2, 0.25) is 0 Å². The molecule has 25 heavy (non-hydrogen) atoms. The van der Waals surface area contributed by atoms with E-state index in [1.54, 1.807) is 5.38 Å². The number of fused-ring (bicyclic) bond motifs is 1. The Labute approximate surface area is 150 Å². The molecule has 138 valence electrons. The van der Waals surface area contributed by atoms with E-state index in [9.17, 15) is 9.59 Å². The molecule has 2 aromatic heterocycles. The van der Waals surface area contributed by atoms with Crippen LogP contribution in [0.4, 0.5) is 0 Å². The Hall–Kier alpha value is -1.77. The first-order valence-corrected chi connectivity index (χ1v) is 9.37. The third-order valence-electron chi connectivity index (χ3n) is 3.56. The lowest BCUT2D eigenvalue weighted by atomic mass is 10.2. The zero-order valence-corrected chi connectivity index (χ0v) is 15.6. The number of unbranched alkanes of at least 4 members (excludes halogenated alkanes) is 1. The van der Waals surface area contributed by atoms with Gasteiger partial charge in [0.05, 0.1) is 30.4 Å². The fourth-order valence-electron chi connectivity index (χ4n) is 2.32. The highest BCUT2D eigenvalue weighted by Crippen LogP contribution is 2.21. The molecule has 0 bridgehead atoms. The van der Waals surface area contributed by atoms with Crippen molar-refractivity contribution in [2.24, 2.45) is 0 Å². The average molecular weight is 368 g/mol. The Bertz CT molecular complexity index is 749. The van der Waals surface area contributed by atoms with Gasteiger partial charge < -0.3 is 14.2 Å². The van der Waals surface area contributed by atoms with E-state index in [1.165, 1.54) is 22.2 Å². The summed E-state index contributed by atoms with van der Waals surface area (Å²) < 4.78 is 17.6. The Kier molecular flexibility index (Phi) is 7.54. The molecule has 0 atom stereocenters. The standard InChI is InChI=1S/C17H24N2O5S/c1-4-7-8-24-17(21)12-10-25-15-14(12)16(20)19(11-18-15)9-13(22-5-2)23-6-3/h10-11,13H,4-9H2,1-3H3. The first kappa shape index (κ1) is 19.6. The summed E-state index contributed by atoms with van der Waals surface area (Å²) in [7, 11) is 0. The molecule has 0 N–H and O–H groups in total. The minimum atomic E-state index is -0.537. The zero-order valence-electron chi connectivity index (χ0n) is 14.8. The van der Waals surface area contributed by atoms with Gasteiger partial charge in [-0.25, -0.2) is 9.78 Å². The van der Waals surface area contributed by atoms with Crippen molar-refractivity contribution >= 4 is 27.5 Å². The largest absolute Gasteiger partial charge is 0.462 e. The molecule has 0 saturated carbocycles. The smallest absolute Gasteiger partial charge is 0.339 e. The van der Waals surface area contributed by atoms with Gasteiger partial charge in [-0.15, -0.1) is 11.3 Å². The van der Waals surface area contributed by atoms with Crippen LogP contribution in [0.25, 0.3) is 10.2 Å². The van der Waals surface area contributed by atoms with Gasteiger partial charge in [0.15, 0.2) is 6.29 Å². The number of thiophene rings is 1. The van der Waals surface area contributed by atoms with Crippen LogP contribution in [0.1, 0.15) is 44.0 Å². The van der Waals surface area contributed by atoms with Gasteiger partial charge in [0.1, 0.15) is 4.83 Å². The van der Waals surface area contributed by atoms with E-state index in [-0.39, 0.29) is 17.7 Å². The topological polar surface area (TPSA) is 79.7 Å². The maximum absolute atomic E-state index is 12.8. The lowest BCUT2D eigenvalue weighted by molar-refractivity contribution is -0.144. The quantitative estimate of drug-likeness (QED) is 0.364. The van der Waals surface area contributed by atoms with Gasteiger partial charge >= 0.3 is 5.97 Å². The molecule has 8 heteroatoms. The Morgan fingerprint density at radius 2 is 2.00 bits per heavy atom. The van der Waals surface area contributed by atoms with Crippen LogP contribution in [0, 0.1) is 0 Å². The number of hydrogen-bond acceptors (Lipinski definition) is 7. The second-order valence-corrected chi connectivity index (χ2v) is 6.22. The first-order chi connectivity index (χ1) is 12.1. The molecule has 0 aliphatic carbocycles. The van der Waals surface area contributed by atoms with Gasteiger partial charge in [0, 0.05) is 18.6 Å². The summed E-state index contributed by atoms with van der Waals surface area (Å²) in [5.41, 5.74) is -0.0228. The summed E-state index contributed by atoms with van der Waals surface area (Å²) in [5, 5.41) is 1.92. The van der Waals surface area contributed by atoms with Gasteiger partial charge in [-0.2, -0.15) is 0 Å². The monoisotopic (exact) mass is 368 g/mol. The lowest BCUT2D eigenvalue weighted by Crippen LogP contribution is -2.30. The van der Waals surface area contributed by atoms with Crippen LogP contribution in [0.3, 0.4) is 0 Å². The SMILES string of the molecule is CCCCOC(=O)c1csc2ncn(CC(OCC)OCC)c(=O)c12. The number of ether oxygens (including phenoxy) is 3.